The molecule has 0 radical (unpaired) electrons. The van der Waals surface area contributed by atoms with Gasteiger partial charge in [-0.15, -0.1) is 0 Å². The van der Waals surface area contributed by atoms with Gasteiger partial charge in [-0.25, -0.2) is 8.78 Å². The molecule has 0 atom stereocenters. The van der Waals surface area contributed by atoms with Crippen LogP contribution in [0.15, 0.2) is 6.07 Å². The predicted molar refractivity (Wildman–Crippen MR) is 59.5 cm³/mol. The lowest BCUT2D eigenvalue weighted by molar-refractivity contribution is 0.269. The van der Waals surface area contributed by atoms with Crippen molar-refractivity contribution < 1.29 is 22.3 Å². The Hall–Kier alpha value is -1.30. The molecule has 0 aliphatic heterocycles. The summed E-state index contributed by atoms with van der Waals surface area (Å²) in [6, 6.07) is 0.147. The second-order valence-corrected chi connectivity index (χ2v) is 4.24. The van der Waals surface area contributed by atoms with Crippen LogP contribution in [0.25, 0.3) is 0 Å². The lowest BCUT2D eigenvalue weighted by atomic mass is 10.2. The fourth-order valence-electron chi connectivity index (χ4n) is 1.29. The Morgan fingerprint density at radius 3 is 2.17 bits per heavy atom. The quantitative estimate of drug-likeness (QED) is 0.485. The van der Waals surface area contributed by atoms with Crippen molar-refractivity contribution in [3.63, 3.8) is 0 Å². The molecule has 0 bridgehead atoms. The second-order valence-electron chi connectivity index (χ2n) is 4.24. The third kappa shape index (κ3) is 3.87. The molecule has 0 heterocycles. The van der Waals surface area contributed by atoms with Crippen LogP contribution in [0, 0.1) is 29.2 Å². The van der Waals surface area contributed by atoms with Crippen LogP contribution in [-0.2, 0) is 0 Å². The van der Waals surface area contributed by atoms with Gasteiger partial charge >= 0.3 is 0 Å². The normalized spacial score (nSPS) is 11.1. The molecule has 1 rings (SSSR count). The van der Waals surface area contributed by atoms with E-state index in [1.165, 1.54) is 0 Å². The highest BCUT2D eigenvalue weighted by Crippen LogP contribution is 2.26. The Morgan fingerprint density at radius 2 is 1.67 bits per heavy atom. The Labute approximate surface area is 103 Å². The van der Waals surface area contributed by atoms with Gasteiger partial charge < -0.3 is 10.1 Å². The molecule has 0 spiro atoms. The van der Waals surface area contributed by atoms with Crippen LogP contribution in [-0.4, -0.2) is 19.7 Å². The van der Waals surface area contributed by atoms with E-state index in [0.717, 1.165) is 0 Å². The van der Waals surface area contributed by atoms with Gasteiger partial charge in [0, 0.05) is 12.6 Å². The van der Waals surface area contributed by atoms with Gasteiger partial charge in [0.05, 0.1) is 0 Å². The van der Waals surface area contributed by atoms with Gasteiger partial charge in [-0.2, -0.15) is 8.78 Å². The number of hydrogen-bond acceptors (Lipinski definition) is 2. The summed E-state index contributed by atoms with van der Waals surface area (Å²) >= 11 is 0. The lowest BCUT2D eigenvalue weighted by Gasteiger charge is -2.11. The molecule has 0 aromatic heterocycles. The first-order valence-corrected chi connectivity index (χ1v) is 5.60. The third-order valence-electron chi connectivity index (χ3n) is 2.15. The topological polar surface area (TPSA) is 21.3 Å². The van der Waals surface area contributed by atoms with E-state index in [-0.39, 0.29) is 12.7 Å². The maximum Gasteiger partial charge on any atom is 0.203 e. The number of hydrogen-bond donors (Lipinski definition) is 1. The maximum atomic E-state index is 13.2. The highest BCUT2D eigenvalue weighted by molar-refractivity contribution is 5.28. The van der Waals surface area contributed by atoms with Gasteiger partial charge in [-0.05, 0) is 12.5 Å². The average molecular weight is 265 g/mol. The Bertz CT molecular complexity index is 383. The summed E-state index contributed by atoms with van der Waals surface area (Å²) in [6.07, 6.45) is 0. The molecule has 1 aromatic rings. The molecule has 0 unspecified atom stereocenters. The summed E-state index contributed by atoms with van der Waals surface area (Å²) in [4.78, 5) is 0. The number of ether oxygens (including phenoxy) is 1. The number of nitrogens with one attached hydrogen (secondary N) is 1. The van der Waals surface area contributed by atoms with Gasteiger partial charge in [-0.1, -0.05) is 13.8 Å². The van der Waals surface area contributed by atoms with Crippen LogP contribution < -0.4 is 10.1 Å². The molecule has 0 saturated heterocycles. The highest BCUT2D eigenvalue weighted by atomic mass is 19.2. The molecule has 0 fully saturated rings. The van der Waals surface area contributed by atoms with Crippen LogP contribution in [0.1, 0.15) is 13.8 Å². The minimum atomic E-state index is -1.52. The van der Waals surface area contributed by atoms with E-state index in [0.29, 0.717) is 19.0 Å². The van der Waals surface area contributed by atoms with Gasteiger partial charge in [0.1, 0.15) is 6.61 Å². The van der Waals surface area contributed by atoms with Crippen molar-refractivity contribution in [3.05, 3.63) is 29.3 Å². The predicted octanol–water partition coefficient (Wildman–Crippen LogP) is 2.87. The Balaban J connectivity index is 2.57. The Kier molecular flexibility index (Phi) is 5.40. The van der Waals surface area contributed by atoms with Crippen LogP contribution in [0.3, 0.4) is 0 Å². The van der Waals surface area contributed by atoms with Crippen molar-refractivity contribution in [2.45, 2.75) is 13.8 Å². The standard InChI is InChI=1S/C12H15F4NO/c1-7(2)6-17-3-4-18-12-10(15)8(13)5-9(14)11(12)16/h5,7,17H,3-4,6H2,1-2H3. The number of benzene rings is 1. The monoisotopic (exact) mass is 265 g/mol. The SMILES string of the molecule is CC(C)CNCCOc1c(F)c(F)cc(F)c1F. The first-order chi connectivity index (χ1) is 8.43. The van der Waals surface area contributed by atoms with Gasteiger partial charge in [0.25, 0.3) is 0 Å². The fourth-order valence-corrected chi connectivity index (χ4v) is 1.29. The molecule has 6 heteroatoms. The smallest absolute Gasteiger partial charge is 0.203 e. The van der Waals surface area contributed by atoms with E-state index in [9.17, 15) is 17.6 Å². The molecule has 102 valence electrons. The zero-order valence-corrected chi connectivity index (χ0v) is 10.2. The van der Waals surface area contributed by atoms with E-state index in [1.807, 2.05) is 13.8 Å². The highest BCUT2D eigenvalue weighted by Gasteiger charge is 2.20. The first kappa shape index (κ1) is 14.8. The molecule has 0 aliphatic rings. The molecule has 0 saturated carbocycles. The van der Waals surface area contributed by atoms with Gasteiger partial charge in [-0.3, -0.25) is 0 Å². The summed E-state index contributed by atoms with van der Waals surface area (Å²) in [5.41, 5.74) is 0. The molecule has 1 aromatic carbocycles. The minimum absolute atomic E-state index is 0.0799. The van der Waals surface area contributed by atoms with Crippen LogP contribution >= 0.6 is 0 Å². The largest absolute Gasteiger partial charge is 0.486 e. The van der Waals surface area contributed by atoms with Crippen molar-refractivity contribution in [1.29, 1.82) is 0 Å². The van der Waals surface area contributed by atoms with Crippen molar-refractivity contribution in [2.75, 3.05) is 19.7 Å². The molecule has 1 N–H and O–H groups in total. The summed E-state index contributed by atoms with van der Waals surface area (Å²) < 4.78 is 56.7. The molecule has 2 nitrogen and oxygen atoms in total. The lowest BCUT2D eigenvalue weighted by Crippen LogP contribution is -2.25. The average Bonchev–Trinajstić information content (AvgIpc) is 2.30. The van der Waals surface area contributed by atoms with E-state index >= 15 is 0 Å². The molecular formula is C12H15F4NO. The molecule has 18 heavy (non-hydrogen) atoms. The summed E-state index contributed by atoms with van der Waals surface area (Å²) in [6.45, 7) is 4.95. The molecule has 0 amide bonds. The molecule has 0 aliphatic carbocycles. The maximum absolute atomic E-state index is 13.2. The second kappa shape index (κ2) is 6.58. The van der Waals surface area contributed by atoms with E-state index in [2.05, 4.69) is 5.32 Å². The number of rotatable bonds is 6. The van der Waals surface area contributed by atoms with E-state index in [4.69, 9.17) is 4.74 Å². The van der Waals surface area contributed by atoms with Gasteiger partial charge in [0.15, 0.2) is 17.4 Å². The molecular weight excluding hydrogens is 250 g/mol. The van der Waals surface area contributed by atoms with Crippen LogP contribution in [0.2, 0.25) is 0 Å². The zero-order valence-electron chi connectivity index (χ0n) is 10.2. The Morgan fingerprint density at radius 1 is 1.11 bits per heavy atom. The van der Waals surface area contributed by atoms with Crippen molar-refractivity contribution in [3.8, 4) is 5.75 Å². The van der Waals surface area contributed by atoms with Crippen LogP contribution in [0.4, 0.5) is 17.6 Å². The fraction of sp³-hybridized carbons (Fsp3) is 0.500. The minimum Gasteiger partial charge on any atom is -0.486 e. The van der Waals surface area contributed by atoms with Crippen molar-refractivity contribution in [2.24, 2.45) is 5.92 Å². The van der Waals surface area contributed by atoms with E-state index in [1.54, 1.807) is 0 Å². The van der Waals surface area contributed by atoms with E-state index < -0.39 is 29.0 Å². The first-order valence-electron chi connectivity index (χ1n) is 5.60. The third-order valence-corrected chi connectivity index (χ3v) is 2.15. The summed E-state index contributed by atoms with van der Waals surface area (Å²) in [5.74, 6) is -6.57. The van der Waals surface area contributed by atoms with Crippen LogP contribution in [0.5, 0.6) is 5.75 Å². The van der Waals surface area contributed by atoms with Crippen molar-refractivity contribution >= 4 is 0 Å². The summed E-state index contributed by atoms with van der Waals surface area (Å²) in [5, 5.41) is 2.97. The summed E-state index contributed by atoms with van der Waals surface area (Å²) in [7, 11) is 0. The van der Waals surface area contributed by atoms with Gasteiger partial charge in [0.2, 0.25) is 11.6 Å². The number of halogens is 4. The van der Waals surface area contributed by atoms with Crippen molar-refractivity contribution in [1.82, 2.24) is 5.32 Å². The zero-order chi connectivity index (χ0) is 13.7.